The zero-order valence-corrected chi connectivity index (χ0v) is 7.19. The molecule has 1 fully saturated rings. The lowest BCUT2D eigenvalue weighted by Crippen LogP contribution is -2.37. The molecule has 0 aromatic carbocycles. The molecule has 0 aromatic heterocycles. The minimum Gasteiger partial charge on any atom is -0.295 e. The molecule has 1 saturated carbocycles. The summed E-state index contributed by atoms with van der Waals surface area (Å²) in [5.41, 5.74) is 0. The zero-order valence-electron chi connectivity index (χ0n) is 7.19. The van der Waals surface area contributed by atoms with Crippen molar-refractivity contribution in [3.63, 3.8) is 0 Å². The van der Waals surface area contributed by atoms with Crippen LogP contribution >= 0.6 is 0 Å². The Morgan fingerprint density at radius 2 is 1.75 bits per heavy atom. The molecule has 4 heteroatoms. The first-order chi connectivity index (χ1) is 5.49. The number of hydrogen-bond donors (Lipinski definition) is 0. The molecule has 1 aliphatic rings. The van der Waals surface area contributed by atoms with Crippen LogP contribution in [-0.4, -0.2) is 30.7 Å². The van der Waals surface area contributed by atoms with Crippen molar-refractivity contribution in [2.24, 2.45) is 0 Å². The molecule has 0 radical (unpaired) electrons. The Morgan fingerprint density at radius 1 is 1.25 bits per heavy atom. The third kappa shape index (κ3) is 3.01. The highest BCUT2D eigenvalue weighted by Crippen LogP contribution is 2.25. The first-order valence-corrected chi connectivity index (χ1v) is 4.26. The van der Waals surface area contributed by atoms with Crippen molar-refractivity contribution in [1.29, 1.82) is 0 Å². The predicted octanol–water partition coefficient (Wildman–Crippen LogP) is 2.42. The second-order valence-corrected chi connectivity index (χ2v) is 3.47. The number of halogens is 3. The van der Waals surface area contributed by atoms with Crippen molar-refractivity contribution in [2.75, 3.05) is 13.6 Å². The van der Waals surface area contributed by atoms with Gasteiger partial charge in [-0.1, -0.05) is 12.8 Å². The van der Waals surface area contributed by atoms with Crippen LogP contribution in [0.5, 0.6) is 0 Å². The molecule has 72 valence electrons. The maximum absolute atomic E-state index is 11.9. The predicted molar refractivity (Wildman–Crippen MR) is 40.9 cm³/mol. The van der Waals surface area contributed by atoms with Gasteiger partial charge in [0.05, 0.1) is 6.54 Å². The van der Waals surface area contributed by atoms with Gasteiger partial charge in [0.25, 0.3) is 0 Å². The van der Waals surface area contributed by atoms with Gasteiger partial charge in [-0.2, -0.15) is 13.2 Å². The summed E-state index contributed by atoms with van der Waals surface area (Å²) in [6.45, 7) is -0.766. The van der Waals surface area contributed by atoms with E-state index in [-0.39, 0.29) is 6.04 Å². The molecule has 0 bridgehead atoms. The van der Waals surface area contributed by atoms with Crippen LogP contribution in [0, 0.1) is 0 Å². The topological polar surface area (TPSA) is 3.24 Å². The molecule has 0 saturated heterocycles. The molecule has 1 rings (SSSR count). The number of alkyl halides is 3. The maximum atomic E-state index is 11.9. The monoisotopic (exact) mass is 181 g/mol. The quantitative estimate of drug-likeness (QED) is 0.632. The van der Waals surface area contributed by atoms with Gasteiger partial charge < -0.3 is 0 Å². The van der Waals surface area contributed by atoms with E-state index in [9.17, 15) is 13.2 Å². The van der Waals surface area contributed by atoms with Crippen molar-refractivity contribution < 1.29 is 13.2 Å². The van der Waals surface area contributed by atoms with Crippen LogP contribution in [0.25, 0.3) is 0 Å². The van der Waals surface area contributed by atoms with Crippen molar-refractivity contribution in [2.45, 2.75) is 37.9 Å². The number of nitrogens with zero attached hydrogens (tertiary/aromatic N) is 1. The highest BCUT2D eigenvalue weighted by Gasteiger charge is 2.32. The van der Waals surface area contributed by atoms with E-state index in [4.69, 9.17) is 0 Å². The van der Waals surface area contributed by atoms with E-state index in [0.717, 1.165) is 25.7 Å². The van der Waals surface area contributed by atoms with E-state index in [1.54, 1.807) is 7.05 Å². The molecule has 0 heterocycles. The van der Waals surface area contributed by atoms with Crippen molar-refractivity contribution in [3.8, 4) is 0 Å². The molecule has 1 aliphatic carbocycles. The first kappa shape index (κ1) is 9.84. The summed E-state index contributed by atoms with van der Waals surface area (Å²) < 4.78 is 35.8. The van der Waals surface area contributed by atoms with E-state index in [1.165, 1.54) is 4.90 Å². The maximum Gasteiger partial charge on any atom is 0.401 e. The van der Waals surface area contributed by atoms with Crippen LogP contribution < -0.4 is 0 Å². The number of hydrogen-bond acceptors (Lipinski definition) is 1. The average molecular weight is 181 g/mol. The van der Waals surface area contributed by atoms with Crippen LogP contribution in [0.15, 0.2) is 0 Å². The summed E-state index contributed by atoms with van der Waals surface area (Å²) >= 11 is 0. The Kier molecular flexibility index (Phi) is 2.99. The highest BCUT2D eigenvalue weighted by atomic mass is 19.4. The Hall–Kier alpha value is -0.250. The molecular weight excluding hydrogens is 167 g/mol. The fraction of sp³-hybridized carbons (Fsp3) is 1.00. The van der Waals surface area contributed by atoms with E-state index >= 15 is 0 Å². The summed E-state index contributed by atoms with van der Waals surface area (Å²) in [4.78, 5) is 1.42. The van der Waals surface area contributed by atoms with Gasteiger partial charge in [0, 0.05) is 6.04 Å². The minimum atomic E-state index is -4.04. The smallest absolute Gasteiger partial charge is 0.295 e. The Labute approximate surface area is 70.5 Å². The lowest BCUT2D eigenvalue weighted by molar-refractivity contribution is -0.147. The number of rotatable bonds is 2. The van der Waals surface area contributed by atoms with Crippen molar-refractivity contribution in [3.05, 3.63) is 0 Å². The molecular formula is C8H14F3N. The second kappa shape index (κ2) is 3.64. The Bertz CT molecular complexity index is 138. The first-order valence-electron chi connectivity index (χ1n) is 4.26. The van der Waals surface area contributed by atoms with Gasteiger partial charge in [0.15, 0.2) is 0 Å². The molecule has 12 heavy (non-hydrogen) atoms. The second-order valence-electron chi connectivity index (χ2n) is 3.47. The van der Waals surface area contributed by atoms with Gasteiger partial charge in [-0.15, -0.1) is 0 Å². The Balaban J connectivity index is 2.31. The van der Waals surface area contributed by atoms with Gasteiger partial charge in [-0.25, -0.2) is 0 Å². The lowest BCUT2D eigenvalue weighted by atomic mass is 10.2. The van der Waals surface area contributed by atoms with Crippen LogP contribution in [-0.2, 0) is 0 Å². The summed E-state index contributed by atoms with van der Waals surface area (Å²) in [6.07, 6.45) is -0.0454. The summed E-state index contributed by atoms with van der Waals surface area (Å²) in [7, 11) is 1.56. The summed E-state index contributed by atoms with van der Waals surface area (Å²) in [5.74, 6) is 0. The molecule has 0 unspecified atom stereocenters. The van der Waals surface area contributed by atoms with Gasteiger partial charge in [0.1, 0.15) is 0 Å². The summed E-state index contributed by atoms with van der Waals surface area (Å²) in [5, 5.41) is 0. The molecule has 0 atom stereocenters. The molecule has 0 amide bonds. The van der Waals surface area contributed by atoms with Gasteiger partial charge in [-0.3, -0.25) is 4.90 Å². The summed E-state index contributed by atoms with van der Waals surface area (Å²) in [6, 6.07) is 0.159. The highest BCUT2D eigenvalue weighted by molar-refractivity contribution is 4.76. The van der Waals surface area contributed by atoms with Gasteiger partial charge >= 0.3 is 6.18 Å². The molecule has 0 aliphatic heterocycles. The largest absolute Gasteiger partial charge is 0.401 e. The van der Waals surface area contributed by atoms with Gasteiger partial charge in [-0.05, 0) is 19.9 Å². The van der Waals surface area contributed by atoms with Gasteiger partial charge in [0.2, 0.25) is 0 Å². The lowest BCUT2D eigenvalue weighted by Gasteiger charge is -2.24. The Morgan fingerprint density at radius 3 is 2.17 bits per heavy atom. The zero-order chi connectivity index (χ0) is 9.19. The van der Waals surface area contributed by atoms with Crippen LogP contribution in [0.1, 0.15) is 25.7 Å². The van der Waals surface area contributed by atoms with E-state index < -0.39 is 12.7 Å². The van der Waals surface area contributed by atoms with Crippen LogP contribution in [0.2, 0.25) is 0 Å². The minimum absolute atomic E-state index is 0.159. The van der Waals surface area contributed by atoms with E-state index in [2.05, 4.69) is 0 Å². The third-order valence-electron chi connectivity index (χ3n) is 2.38. The van der Waals surface area contributed by atoms with Crippen molar-refractivity contribution >= 4 is 0 Å². The van der Waals surface area contributed by atoms with Crippen molar-refractivity contribution in [1.82, 2.24) is 4.90 Å². The van der Waals surface area contributed by atoms with E-state index in [1.807, 2.05) is 0 Å². The standard InChI is InChI=1S/C8H14F3N/c1-12(6-8(9,10)11)7-4-2-3-5-7/h7H,2-6H2,1H3. The average Bonchev–Trinajstić information content (AvgIpc) is 2.32. The molecule has 1 nitrogen and oxygen atoms in total. The fourth-order valence-electron chi connectivity index (χ4n) is 1.76. The molecule has 0 aromatic rings. The van der Waals surface area contributed by atoms with E-state index in [0.29, 0.717) is 0 Å². The van der Waals surface area contributed by atoms with Crippen LogP contribution in [0.3, 0.4) is 0 Å². The SMILES string of the molecule is CN(CC(F)(F)F)C1CCCC1. The van der Waals surface area contributed by atoms with Crippen LogP contribution in [0.4, 0.5) is 13.2 Å². The third-order valence-corrected chi connectivity index (χ3v) is 2.38. The molecule has 0 spiro atoms. The fourth-order valence-corrected chi connectivity index (χ4v) is 1.76. The molecule has 0 N–H and O–H groups in total. The normalized spacial score (nSPS) is 20.8.